The normalized spacial score (nSPS) is 11.2. The Labute approximate surface area is 172 Å². The maximum absolute atomic E-state index is 10.7. The van der Waals surface area contributed by atoms with Gasteiger partial charge in [0.05, 0.1) is 6.61 Å². The molecular weight excluding hydrogens is 348 g/mol. The zero-order valence-corrected chi connectivity index (χ0v) is 17.8. The number of aliphatic carboxylic acids is 1. The summed E-state index contributed by atoms with van der Waals surface area (Å²) in [6, 6.07) is 7.57. The van der Waals surface area contributed by atoms with Gasteiger partial charge in [-0.2, -0.15) is 0 Å². The van der Waals surface area contributed by atoms with Gasteiger partial charge in [-0.1, -0.05) is 109 Å². The van der Waals surface area contributed by atoms with Crippen molar-refractivity contribution in [3.8, 4) is 5.75 Å². The van der Waals surface area contributed by atoms with Crippen molar-refractivity contribution in [1.29, 1.82) is 0 Å². The van der Waals surface area contributed by atoms with Crippen molar-refractivity contribution in [3.63, 3.8) is 0 Å². The van der Waals surface area contributed by atoms with Gasteiger partial charge in [0.2, 0.25) is 0 Å². The second kappa shape index (κ2) is 17.3. The minimum atomic E-state index is -0.943. The van der Waals surface area contributed by atoms with Gasteiger partial charge in [-0.15, -0.1) is 0 Å². The zero-order valence-electron chi connectivity index (χ0n) is 17.8. The van der Waals surface area contributed by atoms with E-state index >= 15 is 0 Å². The molecule has 0 amide bonds. The molecule has 0 aliphatic carbocycles. The summed E-state index contributed by atoms with van der Waals surface area (Å²) >= 11 is 0. The molecule has 0 atom stereocenters. The molecule has 3 nitrogen and oxygen atoms in total. The number of carboxylic acids is 1. The Morgan fingerprint density at radius 2 is 1.32 bits per heavy atom. The van der Waals surface area contributed by atoms with Gasteiger partial charge < -0.3 is 9.84 Å². The topological polar surface area (TPSA) is 46.5 Å². The van der Waals surface area contributed by atoms with Crippen molar-refractivity contribution in [2.45, 2.75) is 96.8 Å². The van der Waals surface area contributed by atoms with Crippen LogP contribution in [0.5, 0.6) is 5.75 Å². The van der Waals surface area contributed by atoms with E-state index in [0.29, 0.717) is 6.61 Å². The second-order valence-corrected chi connectivity index (χ2v) is 7.65. The number of hydrogen-bond donors (Lipinski definition) is 1. The molecule has 1 N–H and O–H groups in total. The number of unbranched alkanes of at least 4 members (excludes halogenated alkanes) is 13. The standard InChI is InChI=1S/C25H40O3/c1-2-3-4-5-6-7-8-9-10-11-12-13-14-17-22-28-24-19-16-15-18-23(24)20-21-25(26)27/h15-16,18-21H,2-14,17,22H2,1H3,(H,26,27)/b21-20-. The van der Waals surface area contributed by atoms with Crippen molar-refractivity contribution in [2.75, 3.05) is 6.61 Å². The largest absolute Gasteiger partial charge is 0.493 e. The Balaban J connectivity index is 1.95. The molecule has 0 heterocycles. The zero-order chi connectivity index (χ0) is 20.3. The first-order chi connectivity index (χ1) is 13.7. The van der Waals surface area contributed by atoms with E-state index < -0.39 is 5.97 Å². The van der Waals surface area contributed by atoms with E-state index in [2.05, 4.69) is 6.92 Å². The Bertz CT molecular complexity index is 536. The van der Waals surface area contributed by atoms with Crippen molar-refractivity contribution in [2.24, 2.45) is 0 Å². The number of ether oxygens (including phenoxy) is 1. The Morgan fingerprint density at radius 1 is 0.821 bits per heavy atom. The number of rotatable bonds is 18. The number of hydrogen-bond acceptors (Lipinski definition) is 2. The average molecular weight is 389 g/mol. The van der Waals surface area contributed by atoms with Crippen molar-refractivity contribution in [3.05, 3.63) is 35.9 Å². The first kappa shape index (κ1) is 24.3. The van der Waals surface area contributed by atoms with Crippen LogP contribution in [0, 0.1) is 0 Å². The van der Waals surface area contributed by atoms with Gasteiger partial charge >= 0.3 is 5.97 Å². The molecule has 1 aromatic carbocycles. The number of benzene rings is 1. The molecule has 158 valence electrons. The lowest BCUT2D eigenvalue weighted by atomic mass is 10.0. The molecule has 0 spiro atoms. The molecule has 3 heteroatoms. The van der Waals surface area contributed by atoms with Crippen LogP contribution >= 0.6 is 0 Å². The Morgan fingerprint density at radius 3 is 1.86 bits per heavy atom. The Hall–Kier alpha value is -1.77. The van der Waals surface area contributed by atoms with Gasteiger partial charge in [-0.3, -0.25) is 0 Å². The molecule has 0 saturated carbocycles. The predicted octanol–water partition coefficient (Wildman–Crippen LogP) is 7.64. The summed E-state index contributed by atoms with van der Waals surface area (Å²) in [5.74, 6) is -0.184. The van der Waals surface area contributed by atoms with E-state index in [-0.39, 0.29) is 0 Å². The molecule has 0 radical (unpaired) electrons. The van der Waals surface area contributed by atoms with E-state index in [1.54, 1.807) is 6.08 Å². The van der Waals surface area contributed by atoms with Crippen LogP contribution in [-0.4, -0.2) is 17.7 Å². The lowest BCUT2D eigenvalue weighted by Crippen LogP contribution is -1.99. The highest BCUT2D eigenvalue weighted by Gasteiger charge is 2.00. The summed E-state index contributed by atoms with van der Waals surface area (Å²) in [5, 5.41) is 8.75. The maximum atomic E-state index is 10.7. The van der Waals surface area contributed by atoms with Gasteiger partial charge in [0.15, 0.2) is 0 Å². The van der Waals surface area contributed by atoms with E-state index in [0.717, 1.165) is 23.8 Å². The van der Waals surface area contributed by atoms with Gasteiger partial charge in [0, 0.05) is 11.6 Å². The fourth-order valence-corrected chi connectivity index (χ4v) is 3.39. The summed E-state index contributed by atoms with van der Waals surface area (Å²) in [6.07, 6.45) is 21.6. The molecule has 0 saturated heterocycles. The highest BCUT2D eigenvalue weighted by atomic mass is 16.5. The van der Waals surface area contributed by atoms with E-state index in [9.17, 15) is 4.79 Å². The molecule has 0 aliphatic rings. The lowest BCUT2D eigenvalue weighted by Gasteiger charge is -2.09. The van der Waals surface area contributed by atoms with E-state index in [1.165, 1.54) is 83.5 Å². The van der Waals surface area contributed by atoms with Gasteiger partial charge in [0.25, 0.3) is 0 Å². The fourth-order valence-electron chi connectivity index (χ4n) is 3.39. The number of carboxylic acid groups (broad SMARTS) is 1. The first-order valence-electron chi connectivity index (χ1n) is 11.4. The quantitative estimate of drug-likeness (QED) is 0.207. The lowest BCUT2D eigenvalue weighted by molar-refractivity contribution is -0.131. The van der Waals surface area contributed by atoms with E-state index in [4.69, 9.17) is 9.84 Å². The van der Waals surface area contributed by atoms with Crippen molar-refractivity contribution >= 4 is 12.0 Å². The third-order valence-electron chi connectivity index (χ3n) is 5.08. The molecule has 28 heavy (non-hydrogen) atoms. The van der Waals surface area contributed by atoms with Crippen LogP contribution in [0.25, 0.3) is 6.08 Å². The van der Waals surface area contributed by atoms with Crippen LogP contribution < -0.4 is 4.74 Å². The Kier molecular flexibility index (Phi) is 15.0. The molecule has 0 fully saturated rings. The monoisotopic (exact) mass is 388 g/mol. The molecule has 1 aromatic rings. The highest BCUT2D eigenvalue weighted by molar-refractivity contribution is 5.85. The van der Waals surface area contributed by atoms with Crippen LogP contribution in [0.4, 0.5) is 0 Å². The molecular formula is C25H40O3. The van der Waals surface area contributed by atoms with Gasteiger partial charge in [0.1, 0.15) is 5.75 Å². The highest BCUT2D eigenvalue weighted by Crippen LogP contribution is 2.20. The second-order valence-electron chi connectivity index (χ2n) is 7.65. The third kappa shape index (κ3) is 13.4. The summed E-state index contributed by atoms with van der Waals surface area (Å²) in [7, 11) is 0. The summed E-state index contributed by atoms with van der Waals surface area (Å²) in [6.45, 7) is 2.96. The van der Waals surface area contributed by atoms with Crippen LogP contribution in [0.3, 0.4) is 0 Å². The molecule has 1 rings (SSSR count). The van der Waals surface area contributed by atoms with Gasteiger partial charge in [-0.05, 0) is 18.6 Å². The number of carbonyl (C=O) groups is 1. The fraction of sp³-hybridized carbons (Fsp3) is 0.640. The van der Waals surface area contributed by atoms with Crippen LogP contribution in [0.2, 0.25) is 0 Å². The average Bonchev–Trinajstić information content (AvgIpc) is 2.70. The van der Waals surface area contributed by atoms with Crippen LogP contribution in [-0.2, 0) is 4.79 Å². The van der Waals surface area contributed by atoms with Gasteiger partial charge in [-0.25, -0.2) is 4.79 Å². The number of para-hydroxylation sites is 1. The first-order valence-corrected chi connectivity index (χ1v) is 11.4. The smallest absolute Gasteiger partial charge is 0.328 e. The summed E-state index contributed by atoms with van der Waals surface area (Å²) in [5.41, 5.74) is 0.815. The van der Waals surface area contributed by atoms with Crippen molar-refractivity contribution < 1.29 is 14.6 Å². The summed E-state index contributed by atoms with van der Waals surface area (Å²) in [4.78, 5) is 10.7. The molecule has 0 bridgehead atoms. The third-order valence-corrected chi connectivity index (χ3v) is 5.08. The SMILES string of the molecule is CCCCCCCCCCCCCCCCOc1ccccc1/C=C\C(=O)O. The predicted molar refractivity (Wildman–Crippen MR) is 119 cm³/mol. The van der Waals surface area contributed by atoms with E-state index in [1.807, 2.05) is 24.3 Å². The molecule has 0 aliphatic heterocycles. The van der Waals surface area contributed by atoms with Crippen molar-refractivity contribution in [1.82, 2.24) is 0 Å². The minimum Gasteiger partial charge on any atom is -0.493 e. The maximum Gasteiger partial charge on any atom is 0.328 e. The molecule has 0 unspecified atom stereocenters. The van der Waals surface area contributed by atoms with Crippen LogP contribution in [0.15, 0.2) is 30.3 Å². The van der Waals surface area contributed by atoms with Crippen LogP contribution in [0.1, 0.15) is 102 Å². The molecule has 0 aromatic heterocycles. The minimum absolute atomic E-state index is 0.690. The summed E-state index contributed by atoms with van der Waals surface area (Å²) < 4.78 is 5.83.